The summed E-state index contributed by atoms with van der Waals surface area (Å²) in [6.07, 6.45) is 0. The van der Waals surface area contributed by atoms with Crippen LogP contribution in [0.3, 0.4) is 0 Å². The summed E-state index contributed by atoms with van der Waals surface area (Å²) in [5, 5.41) is 1.93. The molecule has 0 aliphatic carbocycles. The Bertz CT molecular complexity index is 1030. The fourth-order valence-corrected chi connectivity index (χ4v) is 7.27. The summed E-state index contributed by atoms with van der Waals surface area (Å²) in [5.74, 6) is 0.816. The van der Waals surface area contributed by atoms with Crippen molar-refractivity contribution in [2.75, 3.05) is 11.5 Å². The Morgan fingerprint density at radius 3 is 2.77 bits per heavy atom. The molecule has 0 fully saturated rings. The van der Waals surface area contributed by atoms with Crippen LogP contribution in [0.4, 0.5) is 5.69 Å². The molecule has 2 aromatic heterocycles. The molecule has 0 spiro atoms. The van der Waals surface area contributed by atoms with Crippen LogP contribution in [-0.2, 0) is 5.54 Å². The van der Waals surface area contributed by atoms with Crippen LogP contribution in [0.15, 0.2) is 35.7 Å². The third-order valence-corrected chi connectivity index (χ3v) is 8.66. The minimum Gasteiger partial charge on any atom is -0.494 e. The van der Waals surface area contributed by atoms with Crippen LogP contribution < -0.4 is 9.64 Å². The van der Waals surface area contributed by atoms with Gasteiger partial charge in [0.1, 0.15) is 9.57 Å². The molecule has 7 heteroatoms. The lowest BCUT2D eigenvalue weighted by Crippen LogP contribution is -2.47. The zero-order valence-corrected chi connectivity index (χ0v) is 17.8. The highest BCUT2D eigenvalue weighted by atomic mass is 32.9. The molecule has 3 aromatic rings. The van der Waals surface area contributed by atoms with Gasteiger partial charge in [-0.2, -0.15) is 0 Å². The van der Waals surface area contributed by atoms with Gasteiger partial charge >= 0.3 is 0 Å². The van der Waals surface area contributed by atoms with Crippen molar-refractivity contribution in [3.8, 4) is 16.9 Å². The van der Waals surface area contributed by atoms with E-state index >= 15 is 0 Å². The smallest absolute Gasteiger partial charge is 0.269 e. The van der Waals surface area contributed by atoms with Gasteiger partial charge in [-0.3, -0.25) is 9.69 Å². The van der Waals surface area contributed by atoms with Crippen molar-refractivity contribution in [3.05, 3.63) is 49.3 Å². The molecule has 0 unspecified atom stereocenters. The summed E-state index contributed by atoms with van der Waals surface area (Å²) in [6.45, 7) is 6.75. The lowest BCUT2D eigenvalue weighted by molar-refractivity contribution is 0.0965. The first-order valence-electron chi connectivity index (χ1n) is 8.24. The van der Waals surface area contributed by atoms with Gasteiger partial charge < -0.3 is 4.74 Å². The van der Waals surface area contributed by atoms with E-state index in [-0.39, 0.29) is 5.91 Å². The minimum absolute atomic E-state index is 0.0189. The first-order valence-corrected chi connectivity index (χ1v) is 11.7. The van der Waals surface area contributed by atoms with Crippen molar-refractivity contribution in [2.24, 2.45) is 0 Å². The molecular formula is C19H17NO2S4. The molecule has 4 rings (SSSR count). The Morgan fingerprint density at radius 2 is 2.08 bits per heavy atom. The monoisotopic (exact) mass is 419 g/mol. The fraction of sp³-hybridized carbons (Fsp3) is 0.263. The van der Waals surface area contributed by atoms with Crippen molar-refractivity contribution < 1.29 is 9.53 Å². The highest BCUT2D eigenvalue weighted by Crippen LogP contribution is 2.53. The van der Waals surface area contributed by atoms with Gasteiger partial charge in [-0.1, -0.05) is 39.0 Å². The molecular weight excluding hydrogens is 402 g/mol. The van der Waals surface area contributed by atoms with Crippen molar-refractivity contribution in [2.45, 2.75) is 26.3 Å². The van der Waals surface area contributed by atoms with Gasteiger partial charge in [0.25, 0.3) is 5.91 Å². The van der Waals surface area contributed by atoms with E-state index < -0.39 is 5.54 Å². The van der Waals surface area contributed by atoms with E-state index in [0.29, 0.717) is 6.61 Å². The SMILES string of the molecule is CCOc1ccc2c(c1)-c1c(ssc1=S)C(C)(C)N2C(=O)c1cccs1. The molecule has 26 heavy (non-hydrogen) atoms. The van der Waals surface area contributed by atoms with Crippen LogP contribution in [0, 0.1) is 3.82 Å². The van der Waals surface area contributed by atoms with E-state index in [4.69, 9.17) is 17.0 Å². The highest BCUT2D eigenvalue weighted by Gasteiger charge is 2.43. The second-order valence-corrected chi connectivity index (χ2v) is 10.2. The first-order chi connectivity index (χ1) is 12.4. The van der Waals surface area contributed by atoms with Gasteiger partial charge in [-0.25, -0.2) is 0 Å². The predicted molar refractivity (Wildman–Crippen MR) is 114 cm³/mol. The number of amides is 1. The maximum atomic E-state index is 13.4. The van der Waals surface area contributed by atoms with E-state index in [9.17, 15) is 4.79 Å². The molecule has 0 atom stereocenters. The fourth-order valence-electron chi connectivity index (χ4n) is 3.34. The molecule has 0 saturated heterocycles. The summed E-state index contributed by atoms with van der Waals surface area (Å²) in [5.41, 5.74) is 2.49. The predicted octanol–water partition coefficient (Wildman–Crippen LogP) is 6.56. The summed E-state index contributed by atoms with van der Waals surface area (Å²) in [6, 6.07) is 9.71. The average molecular weight is 420 g/mol. The number of carbonyl (C=O) groups is 1. The molecule has 3 heterocycles. The first kappa shape index (κ1) is 17.9. The molecule has 134 valence electrons. The number of thiophene rings is 1. The van der Waals surface area contributed by atoms with Crippen LogP contribution in [0.25, 0.3) is 11.1 Å². The minimum atomic E-state index is -0.464. The normalized spacial score (nSPS) is 14.7. The number of benzene rings is 1. The topological polar surface area (TPSA) is 29.5 Å². The molecule has 0 saturated carbocycles. The molecule has 1 aliphatic rings. The molecule has 1 aliphatic heterocycles. The molecule has 0 N–H and O–H groups in total. The zero-order valence-electron chi connectivity index (χ0n) is 14.6. The molecule has 3 nitrogen and oxygen atoms in total. The van der Waals surface area contributed by atoms with Crippen LogP contribution >= 0.6 is 44.2 Å². The Kier molecular flexibility index (Phi) is 4.51. The standard InChI is InChI=1S/C19H17NO2S4/c1-4-22-11-7-8-13-12(10-11)15-16(25-26-18(15)23)19(2,3)20(13)17(21)14-6-5-9-24-14/h5-10H,4H2,1-3H3. The van der Waals surface area contributed by atoms with E-state index in [1.807, 2.05) is 47.5 Å². The maximum Gasteiger partial charge on any atom is 0.269 e. The second-order valence-electron chi connectivity index (χ2n) is 6.45. The quantitative estimate of drug-likeness (QED) is 0.355. The number of carbonyl (C=O) groups excluding carboxylic acids is 1. The Morgan fingerprint density at radius 1 is 1.27 bits per heavy atom. The Hall–Kier alpha value is -1.54. The molecule has 0 bridgehead atoms. The van der Waals surface area contributed by atoms with Gasteiger partial charge in [0.15, 0.2) is 0 Å². The number of anilines is 1. The Labute approximate surface area is 168 Å². The second kappa shape index (κ2) is 6.56. The van der Waals surface area contributed by atoms with Crippen molar-refractivity contribution in [1.82, 2.24) is 0 Å². The van der Waals surface area contributed by atoms with Gasteiger partial charge in [0.05, 0.1) is 27.6 Å². The van der Waals surface area contributed by atoms with Crippen molar-refractivity contribution >= 4 is 55.8 Å². The summed E-state index contributed by atoms with van der Waals surface area (Å²) in [4.78, 5) is 17.1. The average Bonchev–Trinajstić information content (AvgIpc) is 3.25. The van der Waals surface area contributed by atoms with Crippen molar-refractivity contribution in [3.63, 3.8) is 0 Å². The third kappa shape index (κ3) is 2.65. The number of rotatable bonds is 3. The summed E-state index contributed by atoms with van der Waals surface area (Å²) < 4.78 is 6.57. The van der Waals surface area contributed by atoms with Crippen LogP contribution in [0.2, 0.25) is 0 Å². The van der Waals surface area contributed by atoms with Crippen LogP contribution in [0.5, 0.6) is 5.75 Å². The third-order valence-electron chi connectivity index (χ3n) is 4.47. The lowest BCUT2D eigenvalue weighted by Gasteiger charge is -2.42. The zero-order chi connectivity index (χ0) is 18.5. The number of hydrogen-bond acceptors (Lipinski definition) is 6. The van der Waals surface area contributed by atoms with Crippen LogP contribution in [0.1, 0.15) is 35.3 Å². The molecule has 1 amide bonds. The number of fused-ring (bicyclic) bond motifs is 3. The molecule has 0 radical (unpaired) electrons. The van der Waals surface area contributed by atoms with Crippen LogP contribution in [-0.4, -0.2) is 12.5 Å². The maximum absolute atomic E-state index is 13.4. The van der Waals surface area contributed by atoms with E-state index in [0.717, 1.165) is 36.1 Å². The van der Waals surface area contributed by atoms with Gasteiger partial charge in [-0.15, -0.1) is 11.3 Å². The van der Waals surface area contributed by atoms with Gasteiger partial charge in [0, 0.05) is 11.1 Å². The Balaban J connectivity index is 1.97. The van der Waals surface area contributed by atoms with E-state index in [1.165, 1.54) is 11.3 Å². The summed E-state index contributed by atoms with van der Waals surface area (Å²) >= 11 is 7.10. The largest absolute Gasteiger partial charge is 0.494 e. The highest BCUT2D eigenvalue weighted by molar-refractivity contribution is 7.80. The number of hydrogen-bond donors (Lipinski definition) is 0. The van der Waals surface area contributed by atoms with E-state index in [2.05, 4.69) is 13.8 Å². The van der Waals surface area contributed by atoms with Crippen molar-refractivity contribution in [1.29, 1.82) is 0 Å². The van der Waals surface area contributed by atoms with Gasteiger partial charge in [-0.05, 0) is 50.4 Å². The summed E-state index contributed by atoms with van der Waals surface area (Å²) in [7, 11) is 3.26. The number of ether oxygens (including phenoxy) is 1. The molecule has 1 aromatic carbocycles. The van der Waals surface area contributed by atoms with Gasteiger partial charge in [0.2, 0.25) is 0 Å². The lowest BCUT2D eigenvalue weighted by atomic mass is 9.87. The number of nitrogens with zero attached hydrogens (tertiary/aromatic N) is 1. The van der Waals surface area contributed by atoms with E-state index in [1.54, 1.807) is 20.7 Å².